The molecule has 5 heteroatoms. The van der Waals surface area contributed by atoms with E-state index in [1.807, 2.05) is 18.7 Å². The molecule has 0 aliphatic carbocycles. The van der Waals surface area contributed by atoms with Crippen molar-refractivity contribution in [1.82, 2.24) is 9.78 Å². The predicted molar refractivity (Wildman–Crippen MR) is 70.4 cm³/mol. The Hall–Kier alpha value is -0.580. The van der Waals surface area contributed by atoms with Crippen LogP contribution in [0.15, 0.2) is 0 Å². The molecular weight excluding hydrogens is 238 g/mol. The molecule has 0 radical (unpaired) electrons. The first kappa shape index (κ1) is 14.5. The molecule has 0 aliphatic heterocycles. The van der Waals surface area contributed by atoms with Gasteiger partial charge in [-0.25, -0.2) is 0 Å². The average molecular weight is 260 g/mol. The first-order chi connectivity index (χ1) is 7.97. The first-order valence-corrected chi connectivity index (χ1v) is 6.33. The molecule has 98 valence electrons. The molecule has 0 saturated heterocycles. The Bertz CT molecular complexity index is 378. The summed E-state index contributed by atoms with van der Waals surface area (Å²) in [5, 5.41) is 5.14. The molecule has 1 aromatic heterocycles. The Balaban J connectivity index is 2.97. The number of nitrogens with zero attached hydrogens (tertiary/aromatic N) is 2. The van der Waals surface area contributed by atoms with E-state index in [-0.39, 0.29) is 5.54 Å². The summed E-state index contributed by atoms with van der Waals surface area (Å²) in [4.78, 5) is 0. The van der Waals surface area contributed by atoms with Crippen LogP contribution in [0.2, 0.25) is 5.02 Å². The van der Waals surface area contributed by atoms with Gasteiger partial charge in [0, 0.05) is 26.1 Å². The molecule has 0 amide bonds. The molecule has 17 heavy (non-hydrogen) atoms. The maximum absolute atomic E-state index is 6.31. The van der Waals surface area contributed by atoms with E-state index < -0.39 is 0 Å². The topological polar surface area (TPSA) is 53.1 Å². The number of rotatable bonds is 6. The van der Waals surface area contributed by atoms with Gasteiger partial charge in [0.05, 0.1) is 23.0 Å². The van der Waals surface area contributed by atoms with E-state index in [0.29, 0.717) is 13.0 Å². The van der Waals surface area contributed by atoms with Gasteiger partial charge in [0.25, 0.3) is 0 Å². The van der Waals surface area contributed by atoms with Crippen LogP contribution in [0.25, 0.3) is 0 Å². The molecule has 0 saturated carbocycles. The van der Waals surface area contributed by atoms with Crippen LogP contribution in [0.5, 0.6) is 0 Å². The number of aryl methyl sites for hydroxylation is 2. The Morgan fingerprint density at radius 2 is 2.12 bits per heavy atom. The van der Waals surface area contributed by atoms with Crippen molar-refractivity contribution >= 4 is 11.6 Å². The van der Waals surface area contributed by atoms with Gasteiger partial charge in [-0.15, -0.1) is 0 Å². The maximum atomic E-state index is 6.31. The van der Waals surface area contributed by atoms with Gasteiger partial charge in [-0.2, -0.15) is 5.10 Å². The van der Waals surface area contributed by atoms with Gasteiger partial charge < -0.3 is 10.5 Å². The molecule has 0 aromatic carbocycles. The number of ether oxygens (including phenoxy) is 1. The lowest BCUT2D eigenvalue weighted by Gasteiger charge is -2.27. The smallest absolute Gasteiger partial charge is 0.0850 e. The predicted octanol–water partition coefficient (Wildman–Crippen LogP) is 1.93. The molecule has 0 bridgehead atoms. The second kappa shape index (κ2) is 5.85. The van der Waals surface area contributed by atoms with Gasteiger partial charge in [-0.1, -0.05) is 25.4 Å². The third-order valence-corrected chi connectivity index (χ3v) is 3.59. The Kier molecular flexibility index (Phi) is 4.98. The molecule has 1 atom stereocenters. The number of hydrogen-bond donors (Lipinski definition) is 1. The third kappa shape index (κ3) is 3.21. The van der Waals surface area contributed by atoms with Gasteiger partial charge in [-0.05, 0) is 12.8 Å². The quantitative estimate of drug-likeness (QED) is 0.849. The summed E-state index contributed by atoms with van der Waals surface area (Å²) >= 11 is 6.31. The maximum Gasteiger partial charge on any atom is 0.0850 e. The normalized spacial score (nSPS) is 14.9. The monoisotopic (exact) mass is 259 g/mol. The van der Waals surface area contributed by atoms with Gasteiger partial charge in [0.2, 0.25) is 0 Å². The van der Waals surface area contributed by atoms with Crippen LogP contribution in [0.3, 0.4) is 0 Å². The number of methoxy groups -OCH3 is 1. The highest BCUT2D eigenvalue weighted by atomic mass is 35.5. The van der Waals surface area contributed by atoms with E-state index >= 15 is 0 Å². The first-order valence-electron chi connectivity index (χ1n) is 5.95. The van der Waals surface area contributed by atoms with Crippen LogP contribution in [0.4, 0.5) is 0 Å². The second-order valence-corrected chi connectivity index (χ2v) is 4.89. The van der Waals surface area contributed by atoms with E-state index in [9.17, 15) is 0 Å². The van der Waals surface area contributed by atoms with Crippen molar-refractivity contribution in [1.29, 1.82) is 0 Å². The fraction of sp³-hybridized carbons (Fsp3) is 0.750. The zero-order chi connectivity index (χ0) is 13.1. The molecule has 1 rings (SSSR count). The van der Waals surface area contributed by atoms with Crippen molar-refractivity contribution in [3.05, 3.63) is 16.4 Å². The summed E-state index contributed by atoms with van der Waals surface area (Å²) in [6, 6.07) is 0. The zero-order valence-electron chi connectivity index (χ0n) is 11.1. The zero-order valence-corrected chi connectivity index (χ0v) is 11.8. The van der Waals surface area contributed by atoms with Crippen LogP contribution >= 0.6 is 11.6 Å². The molecule has 1 unspecified atom stereocenters. The Labute approximate surface area is 108 Å². The lowest BCUT2D eigenvalue weighted by atomic mass is 9.92. The Morgan fingerprint density at radius 1 is 1.47 bits per heavy atom. The summed E-state index contributed by atoms with van der Waals surface area (Å²) < 4.78 is 7.01. The van der Waals surface area contributed by atoms with Crippen molar-refractivity contribution in [2.24, 2.45) is 12.8 Å². The minimum Gasteiger partial charge on any atom is -0.383 e. The second-order valence-electron chi connectivity index (χ2n) is 4.51. The number of hydrogen-bond acceptors (Lipinski definition) is 3. The molecule has 2 N–H and O–H groups in total. The van der Waals surface area contributed by atoms with Crippen molar-refractivity contribution in [3.63, 3.8) is 0 Å². The SMILES string of the molecule is CCc1nn(C)c(CC(N)(CC)COC)c1Cl. The molecule has 1 aromatic rings. The highest BCUT2D eigenvalue weighted by molar-refractivity contribution is 6.31. The Morgan fingerprint density at radius 3 is 2.53 bits per heavy atom. The summed E-state index contributed by atoms with van der Waals surface area (Å²) in [7, 11) is 3.57. The molecule has 0 spiro atoms. The van der Waals surface area contributed by atoms with Crippen molar-refractivity contribution < 1.29 is 4.74 Å². The van der Waals surface area contributed by atoms with Crippen LogP contribution < -0.4 is 5.73 Å². The van der Waals surface area contributed by atoms with Gasteiger partial charge >= 0.3 is 0 Å². The molecule has 4 nitrogen and oxygen atoms in total. The summed E-state index contributed by atoms with van der Waals surface area (Å²) in [6.45, 7) is 4.62. The molecule has 0 aliphatic rings. The van der Waals surface area contributed by atoms with E-state index in [4.69, 9.17) is 22.1 Å². The van der Waals surface area contributed by atoms with Crippen molar-refractivity contribution in [3.8, 4) is 0 Å². The van der Waals surface area contributed by atoms with Crippen molar-refractivity contribution in [2.45, 2.75) is 38.6 Å². The molecule has 1 heterocycles. The largest absolute Gasteiger partial charge is 0.383 e. The van der Waals surface area contributed by atoms with Crippen LogP contribution in [0, 0.1) is 0 Å². The van der Waals surface area contributed by atoms with E-state index in [1.165, 1.54) is 0 Å². The number of aromatic nitrogens is 2. The minimum absolute atomic E-state index is 0.378. The van der Waals surface area contributed by atoms with Gasteiger partial charge in [-0.3, -0.25) is 4.68 Å². The lowest BCUT2D eigenvalue weighted by Crippen LogP contribution is -2.46. The summed E-state index contributed by atoms with van der Waals surface area (Å²) in [6.07, 6.45) is 2.35. The summed E-state index contributed by atoms with van der Waals surface area (Å²) in [5.41, 5.74) is 7.85. The van der Waals surface area contributed by atoms with E-state index in [2.05, 4.69) is 12.0 Å². The standard InChI is InChI=1S/C12H22ClN3O/c1-5-9-11(13)10(16(3)15-9)7-12(14,6-2)8-17-4/h5-8,14H2,1-4H3. The molecular formula is C12H22ClN3O. The molecule has 0 fully saturated rings. The fourth-order valence-corrected chi connectivity index (χ4v) is 2.27. The highest BCUT2D eigenvalue weighted by Crippen LogP contribution is 2.25. The third-order valence-electron chi connectivity index (χ3n) is 3.16. The van der Waals surface area contributed by atoms with Crippen LogP contribution in [-0.2, 0) is 24.6 Å². The van der Waals surface area contributed by atoms with E-state index in [0.717, 1.165) is 29.3 Å². The number of nitrogens with two attached hydrogens (primary N) is 1. The number of halogens is 1. The van der Waals surface area contributed by atoms with Crippen molar-refractivity contribution in [2.75, 3.05) is 13.7 Å². The highest BCUT2D eigenvalue weighted by Gasteiger charge is 2.27. The van der Waals surface area contributed by atoms with Crippen LogP contribution in [0.1, 0.15) is 31.7 Å². The van der Waals surface area contributed by atoms with E-state index in [1.54, 1.807) is 7.11 Å². The lowest BCUT2D eigenvalue weighted by molar-refractivity contribution is 0.128. The van der Waals surface area contributed by atoms with Gasteiger partial charge in [0.1, 0.15) is 0 Å². The minimum atomic E-state index is -0.378. The average Bonchev–Trinajstić information content (AvgIpc) is 2.57. The van der Waals surface area contributed by atoms with Gasteiger partial charge in [0.15, 0.2) is 0 Å². The van der Waals surface area contributed by atoms with Crippen LogP contribution in [-0.4, -0.2) is 29.0 Å². The summed E-state index contributed by atoms with van der Waals surface area (Å²) in [5.74, 6) is 0. The fourth-order valence-electron chi connectivity index (χ4n) is 1.91.